The Morgan fingerprint density at radius 3 is 3.00 bits per heavy atom. The van der Waals surface area contributed by atoms with E-state index in [4.69, 9.17) is 4.42 Å². The van der Waals surface area contributed by atoms with Gasteiger partial charge in [0.05, 0.1) is 6.20 Å². The van der Waals surface area contributed by atoms with E-state index in [9.17, 15) is 4.39 Å². The Hall–Kier alpha value is -1.20. The van der Waals surface area contributed by atoms with Crippen LogP contribution < -0.4 is 5.32 Å². The number of aryl methyl sites for hydroxylation is 1. The van der Waals surface area contributed by atoms with Crippen molar-refractivity contribution in [1.29, 1.82) is 0 Å². The van der Waals surface area contributed by atoms with Crippen molar-refractivity contribution < 1.29 is 8.81 Å². The molecule has 1 N–H and O–H groups in total. The summed E-state index contributed by atoms with van der Waals surface area (Å²) in [7, 11) is 1.91. The number of hydrogen-bond donors (Lipinski definition) is 1. The van der Waals surface area contributed by atoms with Crippen molar-refractivity contribution in [3.05, 3.63) is 40.6 Å². The van der Waals surface area contributed by atoms with Crippen LogP contribution in [-0.2, 0) is 6.42 Å². The number of halogens is 2. The first-order valence-corrected chi connectivity index (χ1v) is 6.54. The summed E-state index contributed by atoms with van der Waals surface area (Å²) >= 11 is 3.32. The number of aromatic nitrogens is 1. The first-order valence-electron chi connectivity index (χ1n) is 5.75. The summed E-state index contributed by atoms with van der Waals surface area (Å²) in [5.74, 6) is 1.08. The van der Waals surface area contributed by atoms with Crippen molar-refractivity contribution in [2.24, 2.45) is 0 Å². The fourth-order valence-electron chi connectivity index (χ4n) is 1.66. The summed E-state index contributed by atoms with van der Waals surface area (Å²) in [6.45, 7) is 0.929. The molecule has 0 bridgehead atoms. The maximum Gasteiger partial charge on any atom is 0.194 e. The molecule has 0 aliphatic rings. The summed E-state index contributed by atoms with van der Waals surface area (Å²) in [5.41, 5.74) is 0.809. The monoisotopic (exact) mass is 312 g/mol. The summed E-state index contributed by atoms with van der Waals surface area (Å²) in [6, 6.07) is 4.50. The van der Waals surface area contributed by atoms with E-state index in [-0.39, 0.29) is 5.82 Å². The van der Waals surface area contributed by atoms with E-state index in [0.29, 0.717) is 16.1 Å². The highest BCUT2D eigenvalue weighted by atomic mass is 79.9. The number of benzene rings is 1. The van der Waals surface area contributed by atoms with E-state index in [1.807, 2.05) is 7.05 Å². The molecule has 2 rings (SSSR count). The van der Waals surface area contributed by atoms with Crippen molar-refractivity contribution in [2.45, 2.75) is 12.8 Å². The highest BCUT2D eigenvalue weighted by Crippen LogP contribution is 2.29. The lowest BCUT2D eigenvalue weighted by atomic mass is 10.2. The van der Waals surface area contributed by atoms with Crippen molar-refractivity contribution in [3.8, 4) is 11.3 Å². The van der Waals surface area contributed by atoms with Gasteiger partial charge >= 0.3 is 0 Å². The maximum absolute atomic E-state index is 13.0. The smallest absolute Gasteiger partial charge is 0.194 e. The van der Waals surface area contributed by atoms with Gasteiger partial charge in [0, 0.05) is 16.5 Å². The van der Waals surface area contributed by atoms with Gasteiger partial charge in [-0.05, 0) is 54.1 Å². The zero-order valence-corrected chi connectivity index (χ0v) is 11.6. The minimum Gasteiger partial charge on any atom is -0.441 e. The first kappa shape index (κ1) is 13.2. The van der Waals surface area contributed by atoms with Gasteiger partial charge in [-0.2, -0.15) is 0 Å². The largest absolute Gasteiger partial charge is 0.441 e. The molecule has 1 aromatic carbocycles. The van der Waals surface area contributed by atoms with E-state index in [0.717, 1.165) is 24.9 Å². The molecule has 2 aromatic rings. The minimum absolute atomic E-state index is 0.278. The average molecular weight is 313 g/mol. The molecule has 0 fully saturated rings. The van der Waals surface area contributed by atoms with Crippen molar-refractivity contribution in [1.82, 2.24) is 10.3 Å². The Bertz CT molecular complexity index is 527. The fraction of sp³-hybridized carbons (Fsp3) is 0.308. The quantitative estimate of drug-likeness (QED) is 0.860. The first-order chi connectivity index (χ1) is 8.70. The topological polar surface area (TPSA) is 38.1 Å². The SMILES string of the molecule is CNCCCc1ncc(-c2ccc(F)cc2Br)o1. The third kappa shape index (κ3) is 3.17. The lowest BCUT2D eigenvalue weighted by Crippen LogP contribution is -2.08. The van der Waals surface area contributed by atoms with Crippen LogP contribution in [0.15, 0.2) is 33.3 Å². The molecule has 96 valence electrons. The van der Waals surface area contributed by atoms with Crippen LogP contribution >= 0.6 is 15.9 Å². The van der Waals surface area contributed by atoms with Gasteiger partial charge in [0.15, 0.2) is 11.7 Å². The Morgan fingerprint density at radius 1 is 1.44 bits per heavy atom. The van der Waals surface area contributed by atoms with Gasteiger partial charge in [0.1, 0.15) is 5.82 Å². The van der Waals surface area contributed by atoms with Gasteiger partial charge in [-0.3, -0.25) is 0 Å². The second-order valence-electron chi connectivity index (χ2n) is 3.95. The predicted molar refractivity (Wildman–Crippen MR) is 71.8 cm³/mol. The van der Waals surface area contributed by atoms with Crippen LogP contribution in [0.5, 0.6) is 0 Å². The molecule has 1 aromatic heterocycles. The Morgan fingerprint density at radius 2 is 2.28 bits per heavy atom. The van der Waals surface area contributed by atoms with E-state index in [1.165, 1.54) is 12.1 Å². The van der Waals surface area contributed by atoms with Crippen LogP contribution in [0.4, 0.5) is 4.39 Å². The lowest BCUT2D eigenvalue weighted by molar-refractivity contribution is 0.495. The van der Waals surface area contributed by atoms with Crippen LogP contribution in [0.2, 0.25) is 0 Å². The molecule has 5 heteroatoms. The Balaban J connectivity index is 2.13. The zero-order chi connectivity index (χ0) is 13.0. The molecule has 0 saturated heterocycles. The number of hydrogen-bond acceptors (Lipinski definition) is 3. The van der Waals surface area contributed by atoms with Crippen molar-refractivity contribution in [3.63, 3.8) is 0 Å². The van der Waals surface area contributed by atoms with Gasteiger partial charge in [-0.25, -0.2) is 9.37 Å². The second kappa shape index (κ2) is 6.11. The molecule has 1 heterocycles. The molecule has 3 nitrogen and oxygen atoms in total. The minimum atomic E-state index is -0.278. The summed E-state index contributed by atoms with van der Waals surface area (Å²) in [5, 5.41) is 3.07. The van der Waals surface area contributed by atoms with Gasteiger partial charge in [-0.1, -0.05) is 0 Å². The van der Waals surface area contributed by atoms with E-state index >= 15 is 0 Å². The van der Waals surface area contributed by atoms with Crippen LogP contribution in [0.25, 0.3) is 11.3 Å². The Labute approximate surface area is 114 Å². The summed E-state index contributed by atoms with van der Waals surface area (Å²) < 4.78 is 19.3. The predicted octanol–water partition coefficient (Wildman–Crippen LogP) is 3.40. The standard InChI is InChI=1S/C13H14BrFN2O/c1-16-6-2-3-13-17-8-12(18-13)10-5-4-9(15)7-11(10)14/h4-5,7-8,16H,2-3,6H2,1H3. The van der Waals surface area contributed by atoms with Crippen LogP contribution in [0, 0.1) is 5.82 Å². The molecule has 18 heavy (non-hydrogen) atoms. The van der Waals surface area contributed by atoms with Crippen molar-refractivity contribution in [2.75, 3.05) is 13.6 Å². The number of rotatable bonds is 5. The number of oxazole rings is 1. The van der Waals surface area contributed by atoms with Crippen LogP contribution in [0.3, 0.4) is 0 Å². The van der Waals surface area contributed by atoms with Gasteiger partial charge < -0.3 is 9.73 Å². The van der Waals surface area contributed by atoms with Gasteiger partial charge in [0.2, 0.25) is 0 Å². The molecule has 0 spiro atoms. The number of nitrogens with one attached hydrogen (secondary N) is 1. The molecule has 0 aliphatic carbocycles. The molecule has 0 radical (unpaired) electrons. The lowest BCUT2D eigenvalue weighted by Gasteiger charge is -2.00. The normalized spacial score (nSPS) is 10.8. The van der Waals surface area contributed by atoms with E-state index in [2.05, 4.69) is 26.2 Å². The molecule has 0 saturated carbocycles. The van der Waals surface area contributed by atoms with E-state index < -0.39 is 0 Å². The highest BCUT2D eigenvalue weighted by Gasteiger charge is 2.10. The molecule has 0 amide bonds. The number of nitrogens with zero attached hydrogens (tertiary/aromatic N) is 1. The third-order valence-electron chi connectivity index (χ3n) is 2.57. The van der Waals surface area contributed by atoms with Gasteiger partial charge in [0.25, 0.3) is 0 Å². The second-order valence-corrected chi connectivity index (χ2v) is 4.80. The average Bonchev–Trinajstić information content (AvgIpc) is 2.78. The molecule has 0 atom stereocenters. The highest BCUT2D eigenvalue weighted by molar-refractivity contribution is 9.10. The molecule has 0 aliphatic heterocycles. The van der Waals surface area contributed by atoms with Crippen LogP contribution in [-0.4, -0.2) is 18.6 Å². The maximum atomic E-state index is 13.0. The fourth-order valence-corrected chi connectivity index (χ4v) is 2.20. The third-order valence-corrected chi connectivity index (χ3v) is 3.22. The molecular weight excluding hydrogens is 299 g/mol. The van der Waals surface area contributed by atoms with Crippen molar-refractivity contribution >= 4 is 15.9 Å². The molecule has 0 unspecified atom stereocenters. The van der Waals surface area contributed by atoms with E-state index in [1.54, 1.807) is 12.3 Å². The summed E-state index contributed by atoms with van der Waals surface area (Å²) in [6.07, 6.45) is 3.44. The zero-order valence-electron chi connectivity index (χ0n) is 10.0. The Kier molecular flexibility index (Phi) is 4.49. The summed E-state index contributed by atoms with van der Waals surface area (Å²) in [4.78, 5) is 4.22. The molecular formula is C13H14BrFN2O. The van der Waals surface area contributed by atoms with Crippen LogP contribution in [0.1, 0.15) is 12.3 Å². The van der Waals surface area contributed by atoms with Gasteiger partial charge in [-0.15, -0.1) is 0 Å².